The molecule has 0 unspecified atom stereocenters. The fourth-order valence-electron chi connectivity index (χ4n) is 5.22. The Bertz CT molecular complexity index is 1090. The van der Waals surface area contributed by atoms with Crippen LogP contribution in [0.15, 0.2) is 70.9 Å². The quantitative estimate of drug-likeness (QED) is 0.511. The number of carboxylic acid groups (broad SMARTS) is 2. The Hall–Kier alpha value is -3.94. The number of anilines is 2. The molecule has 0 heterocycles. The highest BCUT2D eigenvalue weighted by atomic mass is 16.4. The van der Waals surface area contributed by atoms with Gasteiger partial charge in [0.1, 0.15) is 0 Å². The lowest BCUT2D eigenvalue weighted by Crippen LogP contribution is -2.22. The van der Waals surface area contributed by atoms with E-state index in [-0.39, 0.29) is 34.8 Å². The minimum absolute atomic E-state index is 0.154. The van der Waals surface area contributed by atoms with Crippen LogP contribution in [-0.4, -0.2) is 34.0 Å². The van der Waals surface area contributed by atoms with Crippen LogP contribution < -0.4 is 10.6 Å². The molecule has 0 saturated heterocycles. The van der Waals surface area contributed by atoms with Crippen molar-refractivity contribution in [2.24, 2.45) is 23.7 Å². The molecule has 5 rings (SSSR count). The van der Waals surface area contributed by atoms with Crippen LogP contribution >= 0.6 is 0 Å². The zero-order valence-corrected chi connectivity index (χ0v) is 16.9. The molecule has 4 aliphatic rings. The smallest absolute Gasteiger partial charge is 0.332 e. The number of hydrogen-bond donors (Lipinski definition) is 4. The van der Waals surface area contributed by atoms with Gasteiger partial charge in [0.05, 0.1) is 11.1 Å². The fourth-order valence-corrected chi connectivity index (χ4v) is 5.22. The van der Waals surface area contributed by atoms with Gasteiger partial charge in [-0.15, -0.1) is 0 Å². The largest absolute Gasteiger partial charge is 0.478 e. The molecule has 162 valence electrons. The summed E-state index contributed by atoms with van der Waals surface area (Å²) in [6.45, 7) is 0. The lowest BCUT2D eigenvalue weighted by Gasteiger charge is -2.15. The summed E-state index contributed by atoms with van der Waals surface area (Å²) in [7, 11) is 0. The Balaban J connectivity index is 1.28. The molecule has 0 fully saturated rings. The average Bonchev–Trinajstić information content (AvgIpc) is 3.54. The van der Waals surface area contributed by atoms with Crippen molar-refractivity contribution in [3.8, 4) is 0 Å². The summed E-state index contributed by atoms with van der Waals surface area (Å²) in [5.74, 6) is -3.84. The molecule has 32 heavy (non-hydrogen) atoms. The Kier molecular flexibility index (Phi) is 4.58. The summed E-state index contributed by atoms with van der Waals surface area (Å²) < 4.78 is 0. The number of hydrogen-bond acceptors (Lipinski definition) is 4. The van der Waals surface area contributed by atoms with E-state index in [9.17, 15) is 29.4 Å². The van der Waals surface area contributed by atoms with Crippen molar-refractivity contribution in [1.82, 2.24) is 0 Å². The average molecular weight is 432 g/mol. The molecule has 0 aliphatic heterocycles. The predicted octanol–water partition coefficient (Wildman–Crippen LogP) is 2.74. The third-order valence-electron chi connectivity index (χ3n) is 6.58. The number of carboxylic acids is 2. The third-order valence-corrected chi connectivity index (χ3v) is 6.58. The maximum absolute atomic E-state index is 12.7. The highest BCUT2D eigenvalue weighted by molar-refractivity contribution is 6.12. The Morgan fingerprint density at radius 3 is 1.22 bits per heavy atom. The molecule has 0 saturated carbocycles. The van der Waals surface area contributed by atoms with Gasteiger partial charge in [0.15, 0.2) is 0 Å². The zero-order valence-electron chi connectivity index (χ0n) is 16.9. The van der Waals surface area contributed by atoms with Gasteiger partial charge in [0.25, 0.3) is 11.8 Å². The van der Waals surface area contributed by atoms with Gasteiger partial charge in [0, 0.05) is 46.2 Å². The number of allylic oxidation sites excluding steroid dienone is 4. The Labute approximate surface area is 183 Å². The van der Waals surface area contributed by atoms with Crippen LogP contribution in [0, 0.1) is 23.7 Å². The second-order valence-electron chi connectivity index (χ2n) is 8.42. The summed E-state index contributed by atoms with van der Waals surface area (Å²) in [4.78, 5) is 48.6. The number of rotatable bonds is 6. The van der Waals surface area contributed by atoms with Crippen LogP contribution in [0.25, 0.3) is 0 Å². The molecule has 1 aromatic carbocycles. The first kappa shape index (κ1) is 20.0. The van der Waals surface area contributed by atoms with Gasteiger partial charge in [-0.25, -0.2) is 9.59 Å². The molecule has 0 aromatic heterocycles. The van der Waals surface area contributed by atoms with Gasteiger partial charge in [-0.1, -0.05) is 24.3 Å². The second-order valence-corrected chi connectivity index (χ2v) is 8.42. The van der Waals surface area contributed by atoms with E-state index in [2.05, 4.69) is 10.6 Å². The molecule has 1 aromatic rings. The van der Waals surface area contributed by atoms with Crippen molar-refractivity contribution in [2.45, 2.75) is 12.8 Å². The molecule has 4 N–H and O–H groups in total. The summed E-state index contributed by atoms with van der Waals surface area (Å²) in [5.41, 5.74) is 1.82. The highest BCUT2D eigenvalue weighted by Crippen LogP contribution is 2.45. The van der Waals surface area contributed by atoms with E-state index < -0.39 is 23.8 Å². The molecule has 8 nitrogen and oxygen atoms in total. The summed E-state index contributed by atoms with van der Waals surface area (Å²) >= 11 is 0. The first-order valence-electron chi connectivity index (χ1n) is 10.4. The minimum atomic E-state index is -1.07. The molecule has 4 aliphatic carbocycles. The number of benzene rings is 1. The normalized spacial score (nSPS) is 26.8. The summed E-state index contributed by atoms with van der Waals surface area (Å²) in [6, 6.07) is 6.41. The van der Waals surface area contributed by atoms with Gasteiger partial charge in [-0.2, -0.15) is 0 Å². The predicted molar refractivity (Wildman–Crippen MR) is 114 cm³/mol. The van der Waals surface area contributed by atoms with Gasteiger partial charge in [-0.3, -0.25) is 9.59 Å². The van der Waals surface area contributed by atoms with Gasteiger partial charge < -0.3 is 20.8 Å². The number of amides is 2. The van der Waals surface area contributed by atoms with E-state index in [0.29, 0.717) is 35.4 Å². The molecule has 2 amide bonds. The van der Waals surface area contributed by atoms with Gasteiger partial charge in [0.2, 0.25) is 0 Å². The third kappa shape index (κ3) is 3.15. The highest BCUT2D eigenvalue weighted by Gasteiger charge is 2.42. The summed E-state index contributed by atoms with van der Waals surface area (Å²) in [6.07, 6.45) is 8.63. The molecule has 0 radical (unpaired) electrons. The van der Waals surface area contributed by atoms with Gasteiger partial charge in [-0.05, 0) is 37.1 Å². The van der Waals surface area contributed by atoms with Crippen molar-refractivity contribution < 1.29 is 29.4 Å². The first-order chi connectivity index (χ1) is 15.3. The molecular formula is C24H20N2O6. The van der Waals surface area contributed by atoms with Crippen molar-refractivity contribution in [3.63, 3.8) is 0 Å². The van der Waals surface area contributed by atoms with Crippen molar-refractivity contribution in [2.75, 3.05) is 10.6 Å². The van der Waals surface area contributed by atoms with E-state index in [1.807, 2.05) is 24.3 Å². The molecular weight excluding hydrogens is 412 g/mol. The van der Waals surface area contributed by atoms with E-state index in [1.54, 1.807) is 24.3 Å². The summed E-state index contributed by atoms with van der Waals surface area (Å²) in [5, 5.41) is 24.4. The molecule has 4 bridgehead atoms. The Morgan fingerprint density at radius 2 is 0.906 bits per heavy atom. The number of aliphatic carboxylic acids is 2. The zero-order chi connectivity index (χ0) is 22.6. The molecule has 8 heteroatoms. The van der Waals surface area contributed by atoms with Crippen LogP contribution in [0.1, 0.15) is 12.8 Å². The van der Waals surface area contributed by atoms with E-state index in [4.69, 9.17) is 0 Å². The number of carbonyl (C=O) groups excluding carboxylic acids is 2. The van der Waals surface area contributed by atoms with E-state index >= 15 is 0 Å². The lowest BCUT2D eigenvalue weighted by molar-refractivity contribution is -0.134. The first-order valence-corrected chi connectivity index (χ1v) is 10.4. The fraction of sp³-hybridized carbons (Fsp3) is 0.250. The van der Waals surface area contributed by atoms with Crippen LogP contribution in [-0.2, 0) is 19.2 Å². The minimum Gasteiger partial charge on any atom is -0.478 e. The number of fused-ring (bicyclic) bond motifs is 4. The second kappa shape index (κ2) is 7.33. The topological polar surface area (TPSA) is 133 Å². The van der Waals surface area contributed by atoms with Crippen molar-refractivity contribution in [3.05, 3.63) is 70.9 Å². The lowest BCUT2D eigenvalue weighted by atomic mass is 9.96. The van der Waals surface area contributed by atoms with Gasteiger partial charge >= 0.3 is 11.9 Å². The van der Waals surface area contributed by atoms with E-state index in [0.717, 1.165) is 0 Å². The van der Waals surface area contributed by atoms with E-state index in [1.165, 1.54) is 0 Å². The van der Waals surface area contributed by atoms with Crippen molar-refractivity contribution in [1.29, 1.82) is 0 Å². The number of carbonyl (C=O) groups is 4. The van der Waals surface area contributed by atoms with Crippen LogP contribution in [0.4, 0.5) is 11.4 Å². The Morgan fingerprint density at radius 1 is 0.594 bits per heavy atom. The monoisotopic (exact) mass is 432 g/mol. The van der Waals surface area contributed by atoms with Crippen LogP contribution in [0.5, 0.6) is 0 Å². The number of nitrogens with one attached hydrogen (secondary N) is 2. The van der Waals surface area contributed by atoms with Crippen LogP contribution in [0.2, 0.25) is 0 Å². The maximum Gasteiger partial charge on any atom is 0.332 e. The van der Waals surface area contributed by atoms with Crippen molar-refractivity contribution >= 4 is 35.1 Å². The standard InChI is InChI=1S/C24H20N2O6/c27-21(17-11-1-3-13(9-11)19(17)23(29)30)25-15-5-7-16(8-6-15)26-22(28)18-12-2-4-14(10-12)20(18)24(31)32/h1-8,11-14H,9-10H2,(H,25,27)(H,26,28)(H,29,30)(H,31,32)/t11-,12+,13-,14+. The molecule has 4 atom stereocenters. The maximum atomic E-state index is 12.7. The SMILES string of the molecule is O=C(O)C1=C(C(=O)Nc2ccc(NC(=O)C3=C(C(=O)O)[C@H]4C=C[C@H]3C4)cc2)[C@@H]2C=C[C@@H]1C2. The molecule has 0 spiro atoms. The van der Waals surface area contributed by atoms with Crippen LogP contribution in [0.3, 0.4) is 0 Å².